The zero-order valence-electron chi connectivity index (χ0n) is 11.7. The molecule has 0 saturated carbocycles. The largest absolute Gasteiger partial charge is 0.380 e. The summed E-state index contributed by atoms with van der Waals surface area (Å²) in [7, 11) is 0. The minimum atomic E-state index is 0.0675. The molecule has 4 nitrogen and oxygen atoms in total. The van der Waals surface area contributed by atoms with Crippen LogP contribution in [0.3, 0.4) is 0 Å². The summed E-state index contributed by atoms with van der Waals surface area (Å²) in [5, 5.41) is 6.91. The Morgan fingerprint density at radius 2 is 2.25 bits per heavy atom. The predicted octanol–water partition coefficient (Wildman–Crippen LogP) is 1.98. The van der Waals surface area contributed by atoms with Gasteiger partial charge in [-0.1, -0.05) is 0 Å². The molecule has 2 saturated heterocycles. The number of nitrogens with zero attached hydrogens (tertiary/aromatic N) is 1. The van der Waals surface area contributed by atoms with Gasteiger partial charge in [0.1, 0.15) is 0 Å². The second-order valence-corrected chi connectivity index (χ2v) is 6.50. The lowest BCUT2D eigenvalue weighted by molar-refractivity contribution is 0.0911. The number of thiophene rings is 1. The minimum absolute atomic E-state index is 0.0675. The van der Waals surface area contributed by atoms with Crippen LogP contribution < -0.4 is 5.32 Å². The summed E-state index contributed by atoms with van der Waals surface area (Å²) in [6, 6.07) is 2.51. The first-order chi connectivity index (χ1) is 9.83. The van der Waals surface area contributed by atoms with Crippen LogP contribution >= 0.6 is 11.3 Å². The van der Waals surface area contributed by atoms with E-state index >= 15 is 0 Å². The number of hydrogen-bond acceptors (Lipinski definition) is 4. The van der Waals surface area contributed by atoms with Gasteiger partial charge in [0, 0.05) is 30.1 Å². The highest BCUT2D eigenvalue weighted by atomic mass is 32.1. The lowest BCUT2D eigenvalue weighted by atomic mass is 9.95. The van der Waals surface area contributed by atoms with E-state index in [9.17, 15) is 4.79 Å². The molecule has 3 rings (SSSR count). The Morgan fingerprint density at radius 3 is 2.90 bits per heavy atom. The highest BCUT2D eigenvalue weighted by Gasteiger charge is 2.27. The Bertz CT molecular complexity index is 421. The van der Waals surface area contributed by atoms with Gasteiger partial charge in [-0.3, -0.25) is 9.69 Å². The third kappa shape index (κ3) is 3.40. The van der Waals surface area contributed by atoms with E-state index in [1.54, 1.807) is 11.3 Å². The smallest absolute Gasteiger partial charge is 0.252 e. The van der Waals surface area contributed by atoms with Gasteiger partial charge in [-0.25, -0.2) is 0 Å². The van der Waals surface area contributed by atoms with Gasteiger partial charge >= 0.3 is 0 Å². The van der Waals surface area contributed by atoms with Crippen molar-refractivity contribution in [2.75, 3.05) is 32.8 Å². The first-order valence-electron chi connectivity index (χ1n) is 7.45. The summed E-state index contributed by atoms with van der Waals surface area (Å²) in [5.74, 6) is 0.689. The van der Waals surface area contributed by atoms with E-state index < -0.39 is 0 Å². The van der Waals surface area contributed by atoms with Gasteiger partial charge in [0.25, 0.3) is 5.91 Å². The topological polar surface area (TPSA) is 41.6 Å². The summed E-state index contributed by atoms with van der Waals surface area (Å²) in [6.45, 7) is 4.92. The molecule has 2 aliphatic rings. The fourth-order valence-electron chi connectivity index (χ4n) is 3.07. The van der Waals surface area contributed by atoms with Crippen molar-refractivity contribution in [2.24, 2.45) is 5.92 Å². The van der Waals surface area contributed by atoms with Gasteiger partial charge in [0.15, 0.2) is 0 Å². The Labute approximate surface area is 124 Å². The molecule has 0 radical (unpaired) electrons. The quantitative estimate of drug-likeness (QED) is 0.923. The Balaban J connectivity index is 1.39. The van der Waals surface area contributed by atoms with Crippen LogP contribution in [0.5, 0.6) is 0 Å². The molecule has 0 aliphatic carbocycles. The molecule has 3 heterocycles. The molecule has 0 aromatic carbocycles. The second-order valence-electron chi connectivity index (χ2n) is 5.72. The van der Waals surface area contributed by atoms with Crippen LogP contribution in [0.2, 0.25) is 0 Å². The molecular weight excluding hydrogens is 272 g/mol. The van der Waals surface area contributed by atoms with Crippen molar-refractivity contribution in [2.45, 2.75) is 25.3 Å². The molecule has 0 bridgehead atoms. The maximum absolute atomic E-state index is 11.9. The monoisotopic (exact) mass is 294 g/mol. The molecule has 1 aromatic rings. The van der Waals surface area contributed by atoms with E-state index in [2.05, 4.69) is 10.2 Å². The number of nitrogens with one attached hydrogen (secondary N) is 1. The SMILES string of the molecule is O=C(NCC1CCN(C2CCOC2)CC1)c1ccsc1. The van der Waals surface area contributed by atoms with Crippen molar-refractivity contribution >= 4 is 17.2 Å². The maximum Gasteiger partial charge on any atom is 0.252 e. The van der Waals surface area contributed by atoms with E-state index in [1.165, 1.54) is 19.3 Å². The first kappa shape index (κ1) is 14.0. The lowest BCUT2D eigenvalue weighted by Crippen LogP contribution is -2.43. The van der Waals surface area contributed by atoms with E-state index in [1.807, 2.05) is 16.8 Å². The van der Waals surface area contributed by atoms with Crippen LogP contribution in [0.25, 0.3) is 0 Å². The van der Waals surface area contributed by atoms with Gasteiger partial charge in [0.2, 0.25) is 0 Å². The summed E-state index contributed by atoms with van der Waals surface area (Å²) in [5.41, 5.74) is 0.788. The zero-order chi connectivity index (χ0) is 13.8. The second kappa shape index (κ2) is 6.70. The summed E-state index contributed by atoms with van der Waals surface area (Å²) in [4.78, 5) is 14.5. The molecular formula is C15H22N2O2S. The Morgan fingerprint density at radius 1 is 1.40 bits per heavy atom. The molecule has 1 amide bonds. The van der Waals surface area contributed by atoms with E-state index in [0.717, 1.165) is 38.4 Å². The average molecular weight is 294 g/mol. The molecule has 5 heteroatoms. The van der Waals surface area contributed by atoms with Gasteiger partial charge in [-0.05, 0) is 49.7 Å². The molecule has 1 atom stereocenters. The molecule has 20 heavy (non-hydrogen) atoms. The van der Waals surface area contributed by atoms with E-state index in [4.69, 9.17) is 4.74 Å². The van der Waals surface area contributed by atoms with Crippen LogP contribution in [-0.2, 0) is 4.74 Å². The highest BCUT2D eigenvalue weighted by molar-refractivity contribution is 7.08. The number of carbonyl (C=O) groups excluding carboxylic acids is 1. The van der Waals surface area contributed by atoms with Gasteiger partial charge in [-0.2, -0.15) is 11.3 Å². The molecule has 110 valence electrons. The third-order valence-electron chi connectivity index (χ3n) is 4.41. The Hall–Kier alpha value is -0.910. The number of rotatable bonds is 4. The summed E-state index contributed by atoms with van der Waals surface area (Å²) in [6.07, 6.45) is 3.54. The van der Waals surface area contributed by atoms with E-state index in [0.29, 0.717) is 12.0 Å². The number of likely N-dealkylation sites (tertiary alicyclic amines) is 1. The van der Waals surface area contributed by atoms with Crippen LogP contribution in [0.1, 0.15) is 29.6 Å². The van der Waals surface area contributed by atoms with Crippen LogP contribution in [0.4, 0.5) is 0 Å². The van der Waals surface area contributed by atoms with Gasteiger partial charge in [-0.15, -0.1) is 0 Å². The number of hydrogen-bond donors (Lipinski definition) is 1. The zero-order valence-corrected chi connectivity index (χ0v) is 12.5. The van der Waals surface area contributed by atoms with Crippen molar-refractivity contribution in [3.63, 3.8) is 0 Å². The maximum atomic E-state index is 11.9. The lowest BCUT2D eigenvalue weighted by Gasteiger charge is -2.35. The van der Waals surface area contributed by atoms with Gasteiger partial charge < -0.3 is 10.1 Å². The average Bonchev–Trinajstić information content (AvgIpc) is 3.18. The Kier molecular flexibility index (Phi) is 4.70. The highest BCUT2D eigenvalue weighted by Crippen LogP contribution is 2.22. The predicted molar refractivity (Wildman–Crippen MR) is 80.2 cm³/mol. The van der Waals surface area contributed by atoms with Crippen molar-refractivity contribution in [3.8, 4) is 0 Å². The fourth-order valence-corrected chi connectivity index (χ4v) is 3.70. The van der Waals surface area contributed by atoms with Gasteiger partial charge in [0.05, 0.1) is 6.61 Å². The third-order valence-corrected chi connectivity index (χ3v) is 5.09. The van der Waals surface area contributed by atoms with Crippen molar-refractivity contribution in [1.29, 1.82) is 0 Å². The minimum Gasteiger partial charge on any atom is -0.380 e. The molecule has 1 N–H and O–H groups in total. The van der Waals surface area contributed by atoms with Crippen LogP contribution in [0, 0.1) is 5.92 Å². The van der Waals surface area contributed by atoms with Crippen molar-refractivity contribution in [1.82, 2.24) is 10.2 Å². The van der Waals surface area contributed by atoms with Crippen LogP contribution in [0.15, 0.2) is 16.8 Å². The first-order valence-corrected chi connectivity index (χ1v) is 8.39. The number of amides is 1. The molecule has 0 spiro atoms. The molecule has 2 fully saturated rings. The fraction of sp³-hybridized carbons (Fsp3) is 0.667. The van der Waals surface area contributed by atoms with Crippen LogP contribution in [-0.4, -0.2) is 49.7 Å². The van der Waals surface area contributed by atoms with Crippen molar-refractivity contribution < 1.29 is 9.53 Å². The normalized spacial score (nSPS) is 24.9. The molecule has 1 unspecified atom stereocenters. The van der Waals surface area contributed by atoms with E-state index in [-0.39, 0.29) is 5.91 Å². The summed E-state index contributed by atoms with van der Waals surface area (Å²) < 4.78 is 5.46. The number of piperidine rings is 1. The summed E-state index contributed by atoms with van der Waals surface area (Å²) >= 11 is 1.56. The molecule has 2 aliphatic heterocycles. The standard InChI is InChI=1S/C15H22N2O2S/c18-15(13-4-8-20-11-13)16-9-12-1-5-17(6-2-12)14-3-7-19-10-14/h4,8,11-12,14H,1-3,5-7,9-10H2,(H,16,18). The number of carbonyl (C=O) groups is 1. The van der Waals surface area contributed by atoms with Crippen molar-refractivity contribution in [3.05, 3.63) is 22.4 Å². The molecule has 1 aromatic heterocycles. The number of ether oxygens (including phenoxy) is 1.